The van der Waals surface area contributed by atoms with Crippen LogP contribution in [0.25, 0.3) is 0 Å². The average molecular weight is 253 g/mol. The molecule has 0 bridgehead atoms. The number of alkyl halides is 2. The van der Waals surface area contributed by atoms with E-state index in [9.17, 15) is 13.6 Å². The van der Waals surface area contributed by atoms with Crippen molar-refractivity contribution in [3.63, 3.8) is 0 Å². The molecule has 0 saturated heterocycles. The van der Waals surface area contributed by atoms with Gasteiger partial charge in [0, 0.05) is 6.42 Å². The van der Waals surface area contributed by atoms with Crippen LogP contribution in [0.1, 0.15) is 40.5 Å². The van der Waals surface area contributed by atoms with E-state index in [1.807, 2.05) is 0 Å². The Labute approximate surface area is 100 Å². The van der Waals surface area contributed by atoms with Crippen LogP contribution in [0, 0.1) is 0 Å². The predicted molar refractivity (Wildman–Crippen MR) is 60.1 cm³/mol. The second-order valence-corrected chi connectivity index (χ2v) is 5.13. The highest BCUT2D eigenvalue weighted by Crippen LogP contribution is 2.19. The number of hydrogen-bond acceptors (Lipinski definition) is 3. The number of carbonyl (C=O) groups excluding carboxylic acids is 1. The van der Waals surface area contributed by atoms with Gasteiger partial charge in [-0.3, -0.25) is 0 Å². The van der Waals surface area contributed by atoms with Crippen LogP contribution in [0.4, 0.5) is 13.6 Å². The van der Waals surface area contributed by atoms with Crippen molar-refractivity contribution >= 4 is 6.09 Å². The minimum absolute atomic E-state index is 0.000751. The smallest absolute Gasteiger partial charge is 0.407 e. The molecule has 102 valence electrons. The van der Waals surface area contributed by atoms with Crippen molar-refractivity contribution in [3.05, 3.63) is 0 Å². The maximum Gasteiger partial charge on any atom is 0.407 e. The standard InChI is InChI=1S/C11H21F2NO3/c1-10(2,3)17-9(16)14-8(7-15)5-6-11(4,12)13/h8,15H,5-7H2,1-4H3,(H,14,16)/t8-/m0/s1. The van der Waals surface area contributed by atoms with Gasteiger partial charge in [-0.25, -0.2) is 13.6 Å². The first-order valence-electron chi connectivity index (χ1n) is 5.52. The summed E-state index contributed by atoms with van der Waals surface area (Å²) in [5.74, 6) is -2.80. The molecule has 1 atom stereocenters. The zero-order chi connectivity index (χ0) is 13.7. The van der Waals surface area contributed by atoms with E-state index >= 15 is 0 Å². The van der Waals surface area contributed by atoms with E-state index in [0.29, 0.717) is 0 Å². The molecule has 0 aliphatic heterocycles. The van der Waals surface area contributed by atoms with E-state index < -0.39 is 36.7 Å². The number of aliphatic hydroxyl groups is 1. The maximum absolute atomic E-state index is 12.6. The third-order valence-electron chi connectivity index (χ3n) is 1.87. The van der Waals surface area contributed by atoms with Crippen LogP contribution in [0.5, 0.6) is 0 Å². The monoisotopic (exact) mass is 253 g/mol. The molecule has 0 unspecified atom stereocenters. The number of nitrogens with one attached hydrogen (secondary N) is 1. The molecule has 0 fully saturated rings. The Morgan fingerprint density at radius 2 is 1.88 bits per heavy atom. The molecule has 0 spiro atoms. The van der Waals surface area contributed by atoms with Crippen molar-refractivity contribution < 1.29 is 23.4 Å². The number of halogens is 2. The van der Waals surface area contributed by atoms with Gasteiger partial charge in [0.2, 0.25) is 5.92 Å². The van der Waals surface area contributed by atoms with E-state index in [4.69, 9.17) is 9.84 Å². The molecule has 0 aliphatic carbocycles. The van der Waals surface area contributed by atoms with Gasteiger partial charge >= 0.3 is 6.09 Å². The summed E-state index contributed by atoms with van der Waals surface area (Å²) in [4.78, 5) is 11.3. The van der Waals surface area contributed by atoms with Gasteiger partial charge in [-0.1, -0.05) is 0 Å². The fourth-order valence-corrected chi connectivity index (χ4v) is 1.11. The van der Waals surface area contributed by atoms with Gasteiger partial charge in [-0.15, -0.1) is 0 Å². The molecule has 0 saturated carbocycles. The van der Waals surface area contributed by atoms with Crippen LogP contribution >= 0.6 is 0 Å². The highest BCUT2D eigenvalue weighted by Gasteiger charge is 2.24. The lowest BCUT2D eigenvalue weighted by Crippen LogP contribution is -2.41. The Hall–Kier alpha value is -0.910. The topological polar surface area (TPSA) is 58.6 Å². The molecule has 0 aromatic rings. The van der Waals surface area contributed by atoms with Crippen LogP contribution in [-0.4, -0.2) is 35.4 Å². The van der Waals surface area contributed by atoms with Crippen LogP contribution in [0.15, 0.2) is 0 Å². The number of aliphatic hydroxyl groups excluding tert-OH is 1. The number of amides is 1. The van der Waals surface area contributed by atoms with Gasteiger partial charge in [0.05, 0.1) is 12.6 Å². The minimum atomic E-state index is -2.80. The normalized spacial score (nSPS) is 14.3. The summed E-state index contributed by atoms with van der Waals surface area (Å²) >= 11 is 0. The van der Waals surface area contributed by atoms with Gasteiger partial charge in [0.1, 0.15) is 5.60 Å². The Morgan fingerprint density at radius 1 is 1.35 bits per heavy atom. The molecule has 0 rings (SSSR count). The average Bonchev–Trinajstić information content (AvgIpc) is 2.07. The number of rotatable bonds is 5. The fourth-order valence-electron chi connectivity index (χ4n) is 1.11. The Bertz CT molecular complexity index is 246. The summed E-state index contributed by atoms with van der Waals surface area (Å²) in [6.07, 6.45) is -1.11. The van der Waals surface area contributed by atoms with Crippen molar-refractivity contribution in [2.75, 3.05) is 6.61 Å². The van der Waals surface area contributed by atoms with E-state index in [1.165, 1.54) is 0 Å². The van der Waals surface area contributed by atoms with Crippen molar-refractivity contribution in [1.29, 1.82) is 0 Å². The molecule has 0 aromatic carbocycles. The molecule has 0 heterocycles. The van der Waals surface area contributed by atoms with Gasteiger partial charge in [0.15, 0.2) is 0 Å². The summed E-state index contributed by atoms with van der Waals surface area (Å²) in [7, 11) is 0. The van der Waals surface area contributed by atoms with Gasteiger partial charge in [0.25, 0.3) is 0 Å². The first-order valence-corrected chi connectivity index (χ1v) is 5.52. The first kappa shape index (κ1) is 16.1. The minimum Gasteiger partial charge on any atom is -0.444 e. The largest absolute Gasteiger partial charge is 0.444 e. The van der Waals surface area contributed by atoms with Gasteiger partial charge in [-0.05, 0) is 34.1 Å². The number of alkyl carbamates (subject to hydrolysis) is 1. The fraction of sp³-hybridized carbons (Fsp3) is 0.909. The van der Waals surface area contributed by atoms with Crippen molar-refractivity contribution in [2.24, 2.45) is 0 Å². The third-order valence-corrected chi connectivity index (χ3v) is 1.87. The summed E-state index contributed by atoms with van der Waals surface area (Å²) in [6.45, 7) is 5.49. The molecular weight excluding hydrogens is 232 g/mol. The Balaban J connectivity index is 4.09. The molecule has 17 heavy (non-hydrogen) atoms. The van der Waals surface area contributed by atoms with Crippen molar-refractivity contribution in [1.82, 2.24) is 5.32 Å². The molecule has 0 aliphatic rings. The summed E-state index contributed by atoms with van der Waals surface area (Å²) in [5, 5.41) is 11.3. The molecular formula is C11H21F2NO3. The SMILES string of the molecule is CC(F)(F)CC[C@@H](CO)NC(=O)OC(C)(C)C. The number of ether oxygens (including phenoxy) is 1. The zero-order valence-corrected chi connectivity index (χ0v) is 10.7. The third kappa shape index (κ3) is 9.99. The Morgan fingerprint density at radius 3 is 2.24 bits per heavy atom. The zero-order valence-electron chi connectivity index (χ0n) is 10.7. The molecule has 1 amide bonds. The number of hydrogen-bond donors (Lipinski definition) is 2. The van der Waals surface area contributed by atoms with E-state index in [2.05, 4.69) is 5.32 Å². The number of carbonyl (C=O) groups is 1. The van der Waals surface area contributed by atoms with Gasteiger partial charge in [-0.2, -0.15) is 0 Å². The highest BCUT2D eigenvalue weighted by molar-refractivity contribution is 5.68. The molecule has 0 aromatic heterocycles. The van der Waals surface area contributed by atoms with E-state index in [0.717, 1.165) is 6.92 Å². The van der Waals surface area contributed by atoms with E-state index in [1.54, 1.807) is 20.8 Å². The molecule has 4 nitrogen and oxygen atoms in total. The lowest BCUT2D eigenvalue weighted by Gasteiger charge is -2.23. The van der Waals surface area contributed by atoms with Crippen molar-refractivity contribution in [2.45, 2.75) is 58.1 Å². The van der Waals surface area contributed by atoms with Crippen LogP contribution < -0.4 is 5.32 Å². The van der Waals surface area contributed by atoms with Crippen molar-refractivity contribution in [3.8, 4) is 0 Å². The van der Waals surface area contributed by atoms with E-state index in [-0.39, 0.29) is 6.42 Å². The first-order chi connectivity index (χ1) is 7.53. The lowest BCUT2D eigenvalue weighted by molar-refractivity contribution is 0.00473. The van der Waals surface area contributed by atoms with Crippen LogP contribution in [0.3, 0.4) is 0 Å². The predicted octanol–water partition coefficient (Wildman–Crippen LogP) is 2.31. The summed E-state index contributed by atoms with van der Waals surface area (Å²) in [6, 6.07) is -0.712. The van der Waals surface area contributed by atoms with Crippen LogP contribution in [0.2, 0.25) is 0 Å². The quantitative estimate of drug-likeness (QED) is 0.790. The van der Waals surface area contributed by atoms with Gasteiger partial charge < -0.3 is 15.2 Å². The molecule has 2 N–H and O–H groups in total. The summed E-state index contributed by atoms with van der Waals surface area (Å²) < 4.78 is 30.2. The molecule has 0 radical (unpaired) electrons. The molecule has 6 heteroatoms. The maximum atomic E-state index is 12.6. The van der Waals surface area contributed by atoms with Crippen LogP contribution in [-0.2, 0) is 4.74 Å². The Kier molecular flexibility index (Phi) is 5.81. The summed E-state index contributed by atoms with van der Waals surface area (Å²) in [5.41, 5.74) is -0.654. The lowest BCUT2D eigenvalue weighted by atomic mass is 10.1. The second-order valence-electron chi connectivity index (χ2n) is 5.13. The highest BCUT2D eigenvalue weighted by atomic mass is 19.3. The second kappa shape index (κ2) is 6.14.